The molecule has 1 aliphatic rings. The van der Waals surface area contributed by atoms with Gasteiger partial charge in [-0.15, -0.1) is 0 Å². The molecule has 0 radical (unpaired) electrons. The lowest BCUT2D eigenvalue weighted by Gasteiger charge is -2.21. The minimum atomic E-state index is -1.01. The van der Waals surface area contributed by atoms with Crippen LogP contribution in [0, 0.1) is 5.92 Å². The molecule has 1 unspecified atom stereocenters. The fraction of sp³-hybridized carbons (Fsp3) is 0.750. The summed E-state index contributed by atoms with van der Waals surface area (Å²) in [6, 6.07) is -0.744. The Kier molecular flexibility index (Phi) is 8.50. The number of Topliss-reactive ketones (excluding diaryl/α,β-unsaturated/α-hetero) is 2. The van der Waals surface area contributed by atoms with Crippen molar-refractivity contribution in [2.45, 2.75) is 71.9 Å². The van der Waals surface area contributed by atoms with Crippen LogP contribution in [0.5, 0.6) is 0 Å². The number of aliphatic carboxylic acids is 1. The van der Waals surface area contributed by atoms with Gasteiger partial charge < -0.3 is 15.2 Å². The molecule has 0 saturated heterocycles. The second-order valence-corrected chi connectivity index (χ2v) is 6.39. The van der Waals surface area contributed by atoms with Crippen LogP contribution in [0.1, 0.15) is 60.3 Å². The fourth-order valence-corrected chi connectivity index (χ4v) is 1.91. The van der Waals surface area contributed by atoms with E-state index in [4.69, 9.17) is 9.84 Å². The molecular weight excluding hydrogens is 302 g/mol. The number of hydrogen-bond donors (Lipinski definition) is 2. The van der Waals surface area contributed by atoms with Crippen molar-refractivity contribution in [1.29, 1.82) is 0 Å². The van der Waals surface area contributed by atoms with E-state index in [1.807, 2.05) is 13.8 Å². The smallest absolute Gasteiger partial charge is 0.408 e. The van der Waals surface area contributed by atoms with Crippen molar-refractivity contribution in [3.63, 3.8) is 0 Å². The minimum absolute atomic E-state index is 0.0319. The number of hydrogen-bond acceptors (Lipinski definition) is 5. The summed E-state index contributed by atoms with van der Waals surface area (Å²) in [6.07, 6.45) is 0.790. The Labute approximate surface area is 136 Å². The van der Waals surface area contributed by atoms with Crippen molar-refractivity contribution in [2.24, 2.45) is 5.92 Å². The number of ketones is 2. The van der Waals surface area contributed by atoms with Gasteiger partial charge in [0.1, 0.15) is 11.4 Å². The van der Waals surface area contributed by atoms with Gasteiger partial charge in [0, 0.05) is 19.3 Å². The first-order valence-corrected chi connectivity index (χ1v) is 7.76. The molecule has 23 heavy (non-hydrogen) atoms. The first-order valence-electron chi connectivity index (χ1n) is 7.76. The van der Waals surface area contributed by atoms with Crippen LogP contribution >= 0.6 is 0 Å². The summed E-state index contributed by atoms with van der Waals surface area (Å²) in [5, 5.41) is 11.2. The van der Waals surface area contributed by atoms with E-state index in [1.54, 1.807) is 20.8 Å². The lowest BCUT2D eigenvalue weighted by atomic mass is 10.1. The highest BCUT2D eigenvalue weighted by Gasteiger charge is 2.38. The van der Waals surface area contributed by atoms with E-state index in [1.165, 1.54) is 0 Å². The van der Waals surface area contributed by atoms with Crippen LogP contribution in [0.15, 0.2) is 0 Å². The average molecular weight is 329 g/mol. The second kappa shape index (κ2) is 9.27. The maximum absolute atomic E-state index is 11.5. The molecule has 1 amide bonds. The summed E-state index contributed by atoms with van der Waals surface area (Å²) in [6.45, 7) is 8.90. The van der Waals surface area contributed by atoms with Crippen molar-refractivity contribution in [3.8, 4) is 0 Å². The minimum Gasteiger partial charge on any atom is -0.481 e. The number of carboxylic acids is 1. The lowest BCUT2D eigenvalue weighted by Crippen LogP contribution is -2.41. The molecule has 132 valence electrons. The molecule has 1 saturated carbocycles. The van der Waals surface area contributed by atoms with Gasteiger partial charge in [-0.05, 0) is 27.2 Å². The maximum Gasteiger partial charge on any atom is 0.408 e. The number of nitrogens with one attached hydrogen (secondary N) is 1. The summed E-state index contributed by atoms with van der Waals surface area (Å²) >= 11 is 0. The average Bonchev–Trinajstić information content (AvgIpc) is 2.78. The topological polar surface area (TPSA) is 110 Å². The predicted octanol–water partition coefficient (Wildman–Crippen LogP) is 2.32. The van der Waals surface area contributed by atoms with Gasteiger partial charge in [-0.1, -0.05) is 13.8 Å². The van der Waals surface area contributed by atoms with E-state index in [9.17, 15) is 19.2 Å². The van der Waals surface area contributed by atoms with Gasteiger partial charge in [-0.2, -0.15) is 0 Å². The van der Waals surface area contributed by atoms with Gasteiger partial charge in [0.15, 0.2) is 5.78 Å². The molecule has 0 aromatic heterocycles. The third kappa shape index (κ3) is 8.95. The van der Waals surface area contributed by atoms with Gasteiger partial charge in [-0.3, -0.25) is 14.4 Å². The van der Waals surface area contributed by atoms with E-state index in [0.29, 0.717) is 18.6 Å². The Morgan fingerprint density at radius 1 is 1.22 bits per heavy atom. The summed E-state index contributed by atoms with van der Waals surface area (Å²) in [5.41, 5.74) is -0.641. The Hall–Kier alpha value is -1.92. The summed E-state index contributed by atoms with van der Waals surface area (Å²) < 4.78 is 4.99. The number of carbonyl (C=O) groups excluding carboxylic acids is 3. The third-order valence-electron chi connectivity index (χ3n) is 3.19. The quantitative estimate of drug-likeness (QED) is 0.819. The highest BCUT2D eigenvalue weighted by atomic mass is 16.6. The molecule has 2 N–H and O–H groups in total. The van der Waals surface area contributed by atoms with Gasteiger partial charge in [0.25, 0.3) is 0 Å². The lowest BCUT2D eigenvalue weighted by molar-refractivity contribution is -0.142. The summed E-state index contributed by atoms with van der Waals surface area (Å²) in [7, 11) is 0. The predicted molar refractivity (Wildman–Crippen MR) is 84.1 cm³/mol. The van der Waals surface area contributed by atoms with Crippen LogP contribution in [0.25, 0.3) is 0 Å². The van der Waals surface area contributed by atoms with Gasteiger partial charge in [-0.25, -0.2) is 4.79 Å². The zero-order chi connectivity index (χ0) is 18.2. The molecule has 0 aliphatic heterocycles. The SMILES string of the molecule is CC(C)(C)OC(=O)N[C@@H]1CC(C(=O)O)CC1=O.CCC(=O)CC. The fourth-order valence-electron chi connectivity index (χ4n) is 1.91. The Balaban J connectivity index is 0.000000688. The molecule has 1 rings (SSSR count). The highest BCUT2D eigenvalue weighted by molar-refractivity contribution is 5.93. The van der Waals surface area contributed by atoms with Crippen LogP contribution in [0.3, 0.4) is 0 Å². The van der Waals surface area contributed by atoms with Gasteiger partial charge in [0.2, 0.25) is 0 Å². The van der Waals surface area contributed by atoms with Crippen LogP contribution in [-0.4, -0.2) is 40.4 Å². The molecule has 1 aliphatic carbocycles. The van der Waals surface area contributed by atoms with Crippen molar-refractivity contribution < 1.29 is 29.0 Å². The third-order valence-corrected chi connectivity index (χ3v) is 3.19. The van der Waals surface area contributed by atoms with Crippen LogP contribution < -0.4 is 5.32 Å². The number of alkyl carbamates (subject to hydrolysis) is 1. The molecule has 2 atom stereocenters. The van der Waals surface area contributed by atoms with Crippen LogP contribution in [-0.2, 0) is 19.1 Å². The molecule has 1 fully saturated rings. The van der Waals surface area contributed by atoms with Gasteiger partial charge in [0.05, 0.1) is 12.0 Å². The van der Waals surface area contributed by atoms with E-state index in [-0.39, 0.29) is 18.6 Å². The van der Waals surface area contributed by atoms with E-state index in [0.717, 1.165) is 0 Å². The van der Waals surface area contributed by atoms with Crippen LogP contribution in [0.4, 0.5) is 4.79 Å². The number of carbonyl (C=O) groups is 4. The van der Waals surface area contributed by atoms with Crippen molar-refractivity contribution in [1.82, 2.24) is 5.32 Å². The van der Waals surface area contributed by atoms with Gasteiger partial charge >= 0.3 is 12.1 Å². The Bertz CT molecular complexity index is 446. The first kappa shape index (κ1) is 21.1. The number of ether oxygens (including phenoxy) is 1. The summed E-state index contributed by atoms with van der Waals surface area (Å²) in [5.74, 6) is -1.63. The monoisotopic (exact) mass is 329 g/mol. The second-order valence-electron chi connectivity index (χ2n) is 6.39. The molecule has 7 nitrogen and oxygen atoms in total. The summed E-state index contributed by atoms with van der Waals surface area (Å²) in [4.78, 5) is 43.8. The normalized spacial score (nSPS) is 20.3. The Morgan fingerprint density at radius 2 is 1.74 bits per heavy atom. The zero-order valence-corrected chi connectivity index (χ0v) is 14.5. The standard InChI is InChI=1S/C11H17NO5.C5H10O/c1-11(2,3)17-10(16)12-7-4-6(9(14)15)5-8(7)13;1-3-5(6)4-2/h6-7H,4-5H2,1-3H3,(H,12,16)(H,14,15);3-4H2,1-2H3/t6?,7-;/m1./s1. The largest absolute Gasteiger partial charge is 0.481 e. The molecule has 0 aromatic carbocycles. The molecule has 0 spiro atoms. The molecular formula is C16H27NO6. The van der Waals surface area contributed by atoms with Crippen molar-refractivity contribution >= 4 is 23.6 Å². The highest BCUT2D eigenvalue weighted by Crippen LogP contribution is 2.23. The molecule has 0 aromatic rings. The molecule has 7 heteroatoms. The Morgan fingerprint density at radius 3 is 2.04 bits per heavy atom. The number of rotatable bonds is 4. The molecule has 0 bridgehead atoms. The zero-order valence-electron chi connectivity index (χ0n) is 14.5. The number of amides is 1. The van der Waals surface area contributed by atoms with E-state index in [2.05, 4.69) is 5.32 Å². The van der Waals surface area contributed by atoms with Crippen LogP contribution in [0.2, 0.25) is 0 Å². The maximum atomic E-state index is 11.5. The molecule has 0 heterocycles. The van der Waals surface area contributed by atoms with Crippen molar-refractivity contribution in [3.05, 3.63) is 0 Å². The van der Waals surface area contributed by atoms with Crippen molar-refractivity contribution in [2.75, 3.05) is 0 Å². The first-order chi connectivity index (χ1) is 10.5. The van der Waals surface area contributed by atoms with E-state index < -0.39 is 29.6 Å². The van der Waals surface area contributed by atoms with E-state index >= 15 is 0 Å². The number of carboxylic acid groups (broad SMARTS) is 1.